The number of rotatable bonds is 3. The van der Waals surface area contributed by atoms with Crippen LogP contribution in [-0.4, -0.2) is 33.8 Å². The largest absolute Gasteiger partial charge is 0.325 e. The molecule has 0 atom stereocenters. The smallest absolute Gasteiger partial charge is 0.321 e. The van der Waals surface area contributed by atoms with Crippen LogP contribution in [0.4, 0.5) is 10.5 Å². The van der Waals surface area contributed by atoms with Gasteiger partial charge >= 0.3 is 6.03 Å². The monoisotopic (exact) mass is 234 g/mol. The molecule has 0 spiro atoms. The van der Waals surface area contributed by atoms with Gasteiger partial charge in [-0.25, -0.2) is 4.79 Å². The molecule has 0 bridgehead atoms. The molecule has 0 saturated heterocycles. The van der Waals surface area contributed by atoms with Crippen molar-refractivity contribution in [3.8, 4) is 0 Å². The van der Waals surface area contributed by atoms with Gasteiger partial charge in [-0.1, -0.05) is 0 Å². The van der Waals surface area contributed by atoms with Crippen LogP contribution in [0.3, 0.4) is 0 Å². The Morgan fingerprint density at radius 1 is 1.47 bits per heavy atom. The summed E-state index contributed by atoms with van der Waals surface area (Å²) < 4.78 is 1.78. The molecule has 0 aliphatic heterocycles. The number of aryl methyl sites for hydroxylation is 1. The van der Waals surface area contributed by atoms with Crippen molar-refractivity contribution in [2.24, 2.45) is 7.05 Å². The van der Waals surface area contributed by atoms with Gasteiger partial charge in [0.15, 0.2) is 0 Å². The van der Waals surface area contributed by atoms with E-state index < -0.39 is 0 Å². The van der Waals surface area contributed by atoms with Gasteiger partial charge in [0.25, 0.3) is 0 Å². The van der Waals surface area contributed by atoms with E-state index in [1.165, 1.54) is 12.8 Å². The van der Waals surface area contributed by atoms with Gasteiger partial charge in [0.05, 0.1) is 11.4 Å². The highest BCUT2D eigenvalue weighted by atomic mass is 16.2. The first-order chi connectivity index (χ1) is 8.15. The minimum absolute atomic E-state index is 0.0117. The second-order valence-electron chi connectivity index (χ2n) is 5.15. The highest BCUT2D eigenvalue weighted by Crippen LogP contribution is 2.42. The van der Waals surface area contributed by atoms with Gasteiger partial charge in [0, 0.05) is 32.3 Å². The molecule has 1 N–H and O–H groups in total. The fraction of sp³-hybridized carbons (Fsp3) is 0.667. The number of aromatic nitrogens is 2. The summed E-state index contributed by atoms with van der Waals surface area (Å²) in [6.07, 6.45) is 6.54. The van der Waals surface area contributed by atoms with E-state index in [1.54, 1.807) is 9.58 Å². The van der Waals surface area contributed by atoms with Gasteiger partial charge in [-0.3, -0.25) is 4.68 Å². The number of hydrogen-bond donors (Lipinski definition) is 1. The fourth-order valence-corrected chi connectivity index (χ4v) is 2.09. The number of carbonyl (C=O) groups excluding carboxylic acids is 1. The Morgan fingerprint density at radius 3 is 2.76 bits per heavy atom. The van der Waals surface area contributed by atoms with Gasteiger partial charge in [-0.15, -0.1) is 0 Å². The molecule has 1 aromatic rings. The summed E-state index contributed by atoms with van der Waals surface area (Å²) in [5.74, 6) is 0.553. The van der Waals surface area contributed by atoms with Crippen LogP contribution in [0.1, 0.15) is 37.3 Å². The SMILES string of the molecule is CN(C(=O)Nc1cn(C)nc1C1CC1)C1CC1. The molecule has 2 amide bonds. The van der Waals surface area contributed by atoms with E-state index >= 15 is 0 Å². The van der Waals surface area contributed by atoms with Crippen molar-refractivity contribution in [1.82, 2.24) is 14.7 Å². The van der Waals surface area contributed by atoms with Gasteiger partial charge < -0.3 is 10.2 Å². The highest BCUT2D eigenvalue weighted by Gasteiger charge is 2.32. The summed E-state index contributed by atoms with van der Waals surface area (Å²) in [7, 11) is 3.76. The minimum atomic E-state index is -0.0117. The Bertz CT molecular complexity index is 445. The molecule has 2 aliphatic carbocycles. The van der Waals surface area contributed by atoms with E-state index in [0.717, 1.165) is 24.2 Å². The second-order valence-corrected chi connectivity index (χ2v) is 5.15. The Balaban J connectivity index is 1.72. The van der Waals surface area contributed by atoms with Crippen molar-refractivity contribution in [1.29, 1.82) is 0 Å². The average molecular weight is 234 g/mol. The maximum Gasteiger partial charge on any atom is 0.321 e. The van der Waals surface area contributed by atoms with Crippen molar-refractivity contribution in [2.45, 2.75) is 37.6 Å². The zero-order valence-corrected chi connectivity index (χ0v) is 10.3. The van der Waals surface area contributed by atoms with Crippen LogP contribution < -0.4 is 5.32 Å². The van der Waals surface area contributed by atoms with Crippen LogP contribution in [-0.2, 0) is 7.05 Å². The first kappa shape index (κ1) is 10.6. The lowest BCUT2D eigenvalue weighted by molar-refractivity contribution is 0.220. The van der Waals surface area contributed by atoms with Gasteiger partial charge in [-0.05, 0) is 25.7 Å². The number of nitrogens with zero attached hydrogens (tertiary/aromatic N) is 3. The maximum absolute atomic E-state index is 12.0. The average Bonchev–Trinajstić information content (AvgIpc) is 3.16. The van der Waals surface area contributed by atoms with Crippen LogP contribution >= 0.6 is 0 Å². The Morgan fingerprint density at radius 2 is 2.18 bits per heavy atom. The first-order valence-corrected chi connectivity index (χ1v) is 6.22. The zero-order valence-electron chi connectivity index (χ0n) is 10.3. The van der Waals surface area contributed by atoms with Crippen LogP contribution in [0.15, 0.2) is 6.20 Å². The minimum Gasteiger partial charge on any atom is -0.325 e. The summed E-state index contributed by atoms with van der Waals surface area (Å²) >= 11 is 0. The lowest BCUT2D eigenvalue weighted by atomic mass is 10.2. The van der Waals surface area contributed by atoms with Crippen LogP contribution in [0.2, 0.25) is 0 Å². The Kier molecular flexibility index (Phi) is 2.34. The second kappa shape index (κ2) is 3.75. The lowest BCUT2D eigenvalue weighted by Gasteiger charge is -2.16. The number of urea groups is 1. The predicted octanol–water partition coefficient (Wildman–Crippen LogP) is 1.92. The number of carbonyl (C=O) groups is 1. The molecule has 1 aromatic heterocycles. The highest BCUT2D eigenvalue weighted by molar-refractivity contribution is 5.90. The molecule has 1 heterocycles. The number of amides is 2. The predicted molar refractivity (Wildman–Crippen MR) is 65.0 cm³/mol. The summed E-state index contributed by atoms with van der Waals surface area (Å²) in [6, 6.07) is 0.429. The first-order valence-electron chi connectivity index (χ1n) is 6.22. The number of anilines is 1. The number of hydrogen-bond acceptors (Lipinski definition) is 2. The molecule has 5 heteroatoms. The third kappa shape index (κ3) is 2.14. The Hall–Kier alpha value is -1.52. The molecule has 3 rings (SSSR count). The summed E-state index contributed by atoms with van der Waals surface area (Å²) in [4.78, 5) is 13.8. The van der Waals surface area contributed by atoms with E-state index in [-0.39, 0.29) is 6.03 Å². The van der Waals surface area contributed by atoms with Crippen LogP contribution in [0.5, 0.6) is 0 Å². The molecule has 2 fully saturated rings. The van der Waals surface area contributed by atoms with Gasteiger partial charge in [-0.2, -0.15) is 5.10 Å². The molecular weight excluding hydrogens is 216 g/mol. The van der Waals surface area contributed by atoms with Crippen molar-refractivity contribution < 1.29 is 4.79 Å². The third-order valence-electron chi connectivity index (χ3n) is 3.48. The molecule has 0 radical (unpaired) electrons. The fourth-order valence-electron chi connectivity index (χ4n) is 2.09. The van der Waals surface area contributed by atoms with Crippen LogP contribution in [0.25, 0.3) is 0 Å². The quantitative estimate of drug-likeness (QED) is 0.868. The molecule has 5 nitrogen and oxygen atoms in total. The van der Waals surface area contributed by atoms with E-state index in [9.17, 15) is 4.79 Å². The zero-order chi connectivity index (χ0) is 12.0. The standard InChI is InChI=1S/C12H18N4O/c1-15-7-10(11(14-15)8-3-4-8)13-12(17)16(2)9-5-6-9/h7-9H,3-6H2,1-2H3,(H,13,17). The summed E-state index contributed by atoms with van der Waals surface area (Å²) in [5.41, 5.74) is 1.93. The van der Waals surface area contributed by atoms with Crippen molar-refractivity contribution in [2.75, 3.05) is 12.4 Å². The Labute approximate surface area is 101 Å². The summed E-state index contributed by atoms with van der Waals surface area (Å²) in [5, 5.41) is 7.41. The molecule has 92 valence electrons. The van der Waals surface area contributed by atoms with Crippen molar-refractivity contribution in [3.05, 3.63) is 11.9 Å². The lowest BCUT2D eigenvalue weighted by Crippen LogP contribution is -2.33. The van der Waals surface area contributed by atoms with Gasteiger partial charge in [0.2, 0.25) is 0 Å². The molecule has 0 unspecified atom stereocenters. The summed E-state index contributed by atoms with van der Waals surface area (Å²) in [6.45, 7) is 0. The van der Waals surface area contributed by atoms with Gasteiger partial charge in [0.1, 0.15) is 0 Å². The molecule has 2 aliphatic rings. The number of nitrogens with one attached hydrogen (secondary N) is 1. The molecule has 2 saturated carbocycles. The van der Waals surface area contributed by atoms with Crippen molar-refractivity contribution in [3.63, 3.8) is 0 Å². The van der Waals surface area contributed by atoms with E-state index in [2.05, 4.69) is 10.4 Å². The third-order valence-corrected chi connectivity index (χ3v) is 3.48. The molecule has 0 aromatic carbocycles. The topological polar surface area (TPSA) is 50.2 Å². The van der Waals surface area contributed by atoms with Crippen LogP contribution in [0, 0.1) is 0 Å². The maximum atomic E-state index is 12.0. The van der Waals surface area contributed by atoms with E-state index in [4.69, 9.17) is 0 Å². The normalized spacial score (nSPS) is 19.2. The van der Waals surface area contributed by atoms with E-state index in [1.807, 2.05) is 20.3 Å². The van der Waals surface area contributed by atoms with E-state index in [0.29, 0.717) is 12.0 Å². The molecular formula is C12H18N4O. The van der Waals surface area contributed by atoms with Crippen molar-refractivity contribution >= 4 is 11.7 Å². The molecule has 17 heavy (non-hydrogen) atoms.